The monoisotopic (exact) mass is 260 g/mol. The minimum absolute atomic E-state index is 0.158. The number of carbonyl (C=O) groups is 1. The van der Waals surface area contributed by atoms with Crippen LogP contribution in [0.5, 0.6) is 0 Å². The molecule has 1 amide bonds. The van der Waals surface area contributed by atoms with Crippen LogP contribution in [-0.2, 0) is 0 Å². The van der Waals surface area contributed by atoms with Gasteiger partial charge in [0.1, 0.15) is 6.61 Å². The second-order valence-corrected chi connectivity index (χ2v) is 5.45. The highest BCUT2D eigenvalue weighted by Crippen LogP contribution is 2.17. The molecule has 0 aliphatic carbocycles. The number of aliphatic hydroxyl groups excluding tert-OH is 1. The molecule has 0 aliphatic rings. The molecular weight excluding hydrogens is 240 g/mol. The number of aromatic nitrogens is 1. The van der Waals surface area contributed by atoms with E-state index in [0.29, 0.717) is 17.7 Å². The first kappa shape index (κ1) is 15.2. The Hall–Kier alpha value is -1.86. The number of nitrogens with zero attached hydrogens (tertiary/aromatic N) is 1. The maximum atomic E-state index is 12.0. The summed E-state index contributed by atoms with van der Waals surface area (Å²) < 4.78 is 0. The van der Waals surface area contributed by atoms with Crippen molar-refractivity contribution in [1.29, 1.82) is 0 Å². The molecule has 0 aromatic carbocycles. The third kappa shape index (κ3) is 5.54. The molecular formula is C15H20N2O2. The van der Waals surface area contributed by atoms with Crippen molar-refractivity contribution in [2.24, 2.45) is 5.41 Å². The Morgan fingerprint density at radius 3 is 2.84 bits per heavy atom. The van der Waals surface area contributed by atoms with Crippen molar-refractivity contribution in [2.45, 2.75) is 27.2 Å². The van der Waals surface area contributed by atoms with Crippen LogP contribution in [0.4, 0.5) is 0 Å². The Balaban J connectivity index is 2.72. The molecule has 102 valence electrons. The fourth-order valence-corrected chi connectivity index (χ4v) is 1.47. The number of carbonyl (C=O) groups excluding carboxylic acids is 1. The van der Waals surface area contributed by atoms with Crippen LogP contribution in [0.15, 0.2) is 18.5 Å². The molecule has 0 radical (unpaired) electrons. The lowest BCUT2D eigenvalue weighted by molar-refractivity contribution is 0.0949. The molecule has 0 atom stereocenters. The molecule has 1 aromatic heterocycles. The number of nitrogens with one attached hydrogen (secondary N) is 1. The van der Waals surface area contributed by atoms with Crippen molar-refractivity contribution in [1.82, 2.24) is 10.3 Å². The van der Waals surface area contributed by atoms with Gasteiger partial charge in [-0.2, -0.15) is 0 Å². The van der Waals surface area contributed by atoms with E-state index in [1.54, 1.807) is 12.3 Å². The van der Waals surface area contributed by atoms with Gasteiger partial charge in [0.25, 0.3) is 5.91 Å². The SMILES string of the molecule is CC(C)(C)CCNC(=O)c1ccncc1C#CCO. The van der Waals surface area contributed by atoms with E-state index >= 15 is 0 Å². The van der Waals surface area contributed by atoms with E-state index in [-0.39, 0.29) is 17.9 Å². The Bertz CT molecular complexity index is 493. The lowest BCUT2D eigenvalue weighted by atomic mass is 9.92. The maximum Gasteiger partial charge on any atom is 0.252 e. The average Bonchev–Trinajstić information content (AvgIpc) is 2.35. The van der Waals surface area contributed by atoms with Gasteiger partial charge in [-0.25, -0.2) is 0 Å². The van der Waals surface area contributed by atoms with Crippen molar-refractivity contribution in [3.05, 3.63) is 29.6 Å². The molecule has 4 nitrogen and oxygen atoms in total. The predicted molar refractivity (Wildman–Crippen MR) is 74.6 cm³/mol. The number of rotatable bonds is 3. The van der Waals surface area contributed by atoms with Gasteiger partial charge in [-0.05, 0) is 17.9 Å². The van der Waals surface area contributed by atoms with E-state index in [9.17, 15) is 4.79 Å². The smallest absolute Gasteiger partial charge is 0.252 e. The Kier molecular flexibility index (Phi) is 5.53. The van der Waals surface area contributed by atoms with Gasteiger partial charge in [-0.3, -0.25) is 9.78 Å². The molecule has 1 aromatic rings. The molecule has 0 aliphatic heterocycles. The summed E-state index contributed by atoms with van der Waals surface area (Å²) in [6.45, 7) is 6.77. The molecule has 0 spiro atoms. The zero-order valence-corrected chi connectivity index (χ0v) is 11.7. The van der Waals surface area contributed by atoms with Gasteiger partial charge >= 0.3 is 0 Å². The van der Waals surface area contributed by atoms with Gasteiger partial charge in [-0.1, -0.05) is 32.6 Å². The highest BCUT2D eigenvalue weighted by Gasteiger charge is 2.13. The predicted octanol–water partition coefficient (Wildman–Crippen LogP) is 1.59. The normalized spacial score (nSPS) is 10.5. The van der Waals surface area contributed by atoms with Gasteiger partial charge in [-0.15, -0.1) is 0 Å². The molecule has 0 bridgehead atoms. The van der Waals surface area contributed by atoms with Crippen LogP contribution < -0.4 is 5.32 Å². The zero-order valence-electron chi connectivity index (χ0n) is 11.7. The molecule has 0 saturated carbocycles. The van der Waals surface area contributed by atoms with Gasteiger partial charge < -0.3 is 10.4 Å². The van der Waals surface area contributed by atoms with Gasteiger partial charge in [0.15, 0.2) is 0 Å². The van der Waals surface area contributed by atoms with E-state index < -0.39 is 0 Å². The van der Waals surface area contributed by atoms with Crippen molar-refractivity contribution < 1.29 is 9.90 Å². The summed E-state index contributed by atoms with van der Waals surface area (Å²) in [6.07, 6.45) is 3.99. The average molecular weight is 260 g/mol. The number of aliphatic hydroxyl groups is 1. The first-order valence-electron chi connectivity index (χ1n) is 6.26. The second-order valence-electron chi connectivity index (χ2n) is 5.45. The van der Waals surface area contributed by atoms with E-state index in [0.717, 1.165) is 6.42 Å². The minimum atomic E-state index is -0.236. The summed E-state index contributed by atoms with van der Waals surface area (Å²) in [7, 11) is 0. The topological polar surface area (TPSA) is 62.2 Å². The van der Waals surface area contributed by atoms with Gasteiger partial charge in [0, 0.05) is 18.9 Å². The molecule has 0 fully saturated rings. The van der Waals surface area contributed by atoms with Crippen LogP contribution in [0.3, 0.4) is 0 Å². The Morgan fingerprint density at radius 2 is 2.21 bits per heavy atom. The van der Waals surface area contributed by atoms with Gasteiger partial charge in [0.05, 0.1) is 11.1 Å². The highest BCUT2D eigenvalue weighted by molar-refractivity contribution is 5.96. The first-order chi connectivity index (χ1) is 8.94. The van der Waals surface area contributed by atoms with Crippen LogP contribution >= 0.6 is 0 Å². The zero-order chi connectivity index (χ0) is 14.3. The van der Waals surface area contributed by atoms with Crippen molar-refractivity contribution in [3.63, 3.8) is 0 Å². The molecule has 0 unspecified atom stereocenters. The number of amides is 1. The lowest BCUT2D eigenvalue weighted by Gasteiger charge is -2.18. The summed E-state index contributed by atoms with van der Waals surface area (Å²) in [5.74, 6) is 5.09. The molecule has 1 heterocycles. The van der Waals surface area contributed by atoms with Crippen LogP contribution in [0.2, 0.25) is 0 Å². The summed E-state index contributed by atoms with van der Waals surface area (Å²) in [5, 5.41) is 11.6. The number of hydrogen-bond acceptors (Lipinski definition) is 3. The lowest BCUT2D eigenvalue weighted by Crippen LogP contribution is -2.27. The van der Waals surface area contributed by atoms with E-state index in [4.69, 9.17) is 5.11 Å². The second kappa shape index (κ2) is 6.91. The summed E-state index contributed by atoms with van der Waals surface area (Å²) in [6, 6.07) is 1.63. The fourth-order valence-electron chi connectivity index (χ4n) is 1.47. The van der Waals surface area contributed by atoms with E-state index in [2.05, 4.69) is 42.9 Å². The third-order valence-electron chi connectivity index (χ3n) is 2.53. The Labute approximate surface area is 114 Å². The number of hydrogen-bond donors (Lipinski definition) is 2. The number of pyridine rings is 1. The van der Waals surface area contributed by atoms with E-state index in [1.165, 1.54) is 6.20 Å². The molecule has 2 N–H and O–H groups in total. The van der Waals surface area contributed by atoms with Crippen molar-refractivity contribution >= 4 is 5.91 Å². The molecule has 1 rings (SSSR count). The molecule has 4 heteroatoms. The van der Waals surface area contributed by atoms with E-state index in [1.807, 2.05) is 0 Å². The minimum Gasteiger partial charge on any atom is -0.384 e. The fraction of sp³-hybridized carbons (Fsp3) is 0.467. The maximum absolute atomic E-state index is 12.0. The summed E-state index contributed by atoms with van der Waals surface area (Å²) in [5.41, 5.74) is 1.21. The molecule has 19 heavy (non-hydrogen) atoms. The first-order valence-corrected chi connectivity index (χ1v) is 6.26. The largest absolute Gasteiger partial charge is 0.384 e. The Morgan fingerprint density at radius 1 is 1.47 bits per heavy atom. The van der Waals surface area contributed by atoms with Crippen LogP contribution in [0, 0.1) is 17.3 Å². The summed E-state index contributed by atoms with van der Waals surface area (Å²) >= 11 is 0. The quantitative estimate of drug-likeness (QED) is 0.811. The van der Waals surface area contributed by atoms with Crippen LogP contribution in [0.1, 0.15) is 43.1 Å². The highest BCUT2D eigenvalue weighted by atomic mass is 16.2. The third-order valence-corrected chi connectivity index (χ3v) is 2.53. The van der Waals surface area contributed by atoms with Crippen molar-refractivity contribution in [2.75, 3.05) is 13.2 Å². The van der Waals surface area contributed by atoms with Crippen LogP contribution in [-0.4, -0.2) is 29.1 Å². The van der Waals surface area contributed by atoms with Crippen LogP contribution in [0.25, 0.3) is 0 Å². The standard InChI is InChI=1S/C15H20N2O2/c1-15(2,3)7-9-17-14(19)13-6-8-16-11-12(13)5-4-10-18/h6,8,11,18H,7,9-10H2,1-3H3,(H,17,19). The van der Waals surface area contributed by atoms with Crippen molar-refractivity contribution in [3.8, 4) is 11.8 Å². The summed E-state index contributed by atoms with van der Waals surface area (Å²) in [4.78, 5) is 16.0. The molecule has 0 saturated heterocycles. The van der Waals surface area contributed by atoms with Gasteiger partial charge in [0.2, 0.25) is 0 Å².